The molecule has 0 aliphatic rings. The van der Waals surface area contributed by atoms with Crippen LogP contribution >= 0.6 is 0 Å². The van der Waals surface area contributed by atoms with Crippen molar-refractivity contribution >= 4 is 5.97 Å². The molecule has 0 heterocycles. The molecule has 1 aromatic carbocycles. The van der Waals surface area contributed by atoms with Gasteiger partial charge in [0.15, 0.2) is 0 Å². The summed E-state index contributed by atoms with van der Waals surface area (Å²) in [6.45, 7) is 4.36. The molecule has 0 saturated heterocycles. The monoisotopic (exact) mass is 250 g/mol. The first-order valence-corrected chi connectivity index (χ1v) is 6.63. The topological polar surface area (TPSA) is 46.5 Å². The number of hydrogen-bond acceptors (Lipinski definition) is 3. The standard InChI is InChI=1S/C15H22O3/c1-3-5-6-13-11-12(7-9-14(13)16)8-10-15(17)18-4-2/h7,9,11,16H,3-6,8,10H2,1-2H3. The summed E-state index contributed by atoms with van der Waals surface area (Å²) in [6.07, 6.45) is 4.11. The Morgan fingerprint density at radius 1 is 1.28 bits per heavy atom. The van der Waals surface area contributed by atoms with E-state index in [-0.39, 0.29) is 5.97 Å². The molecule has 0 bridgehead atoms. The minimum Gasteiger partial charge on any atom is -0.508 e. The summed E-state index contributed by atoms with van der Waals surface area (Å²) in [7, 11) is 0. The number of rotatable bonds is 7. The molecule has 0 fully saturated rings. The zero-order chi connectivity index (χ0) is 13.4. The summed E-state index contributed by atoms with van der Waals surface area (Å²) < 4.78 is 4.89. The van der Waals surface area contributed by atoms with Crippen LogP contribution in [-0.2, 0) is 22.4 Å². The van der Waals surface area contributed by atoms with E-state index < -0.39 is 0 Å². The summed E-state index contributed by atoms with van der Waals surface area (Å²) in [5.41, 5.74) is 2.05. The molecule has 100 valence electrons. The molecule has 0 unspecified atom stereocenters. The Labute approximate surface area is 109 Å². The number of hydrogen-bond donors (Lipinski definition) is 1. The molecular formula is C15H22O3. The van der Waals surface area contributed by atoms with E-state index in [1.54, 1.807) is 13.0 Å². The molecular weight excluding hydrogens is 228 g/mol. The van der Waals surface area contributed by atoms with Crippen molar-refractivity contribution in [3.63, 3.8) is 0 Å². The zero-order valence-electron chi connectivity index (χ0n) is 11.2. The minimum absolute atomic E-state index is 0.166. The van der Waals surface area contributed by atoms with Gasteiger partial charge in [0.05, 0.1) is 6.61 Å². The number of phenolic OH excluding ortho intramolecular Hbond substituents is 1. The van der Waals surface area contributed by atoms with Crippen LogP contribution in [0.1, 0.15) is 44.2 Å². The van der Waals surface area contributed by atoms with E-state index in [9.17, 15) is 9.90 Å². The van der Waals surface area contributed by atoms with Crippen LogP contribution in [-0.4, -0.2) is 17.7 Å². The Kier molecular flexibility index (Phi) is 6.26. The highest BCUT2D eigenvalue weighted by Crippen LogP contribution is 2.21. The van der Waals surface area contributed by atoms with Gasteiger partial charge in [-0.15, -0.1) is 0 Å². The number of carbonyl (C=O) groups excluding carboxylic acids is 1. The predicted octanol–water partition coefficient (Wildman–Crippen LogP) is 3.23. The molecule has 0 atom stereocenters. The normalized spacial score (nSPS) is 10.3. The van der Waals surface area contributed by atoms with Gasteiger partial charge in [-0.2, -0.15) is 0 Å². The molecule has 0 aliphatic heterocycles. The zero-order valence-corrected chi connectivity index (χ0v) is 11.2. The van der Waals surface area contributed by atoms with E-state index in [4.69, 9.17) is 4.74 Å². The summed E-state index contributed by atoms with van der Waals surface area (Å²) in [6, 6.07) is 5.57. The van der Waals surface area contributed by atoms with Crippen molar-refractivity contribution in [2.75, 3.05) is 6.61 Å². The van der Waals surface area contributed by atoms with Gasteiger partial charge in [0, 0.05) is 6.42 Å². The van der Waals surface area contributed by atoms with Gasteiger partial charge in [-0.3, -0.25) is 4.79 Å². The SMILES string of the molecule is CCCCc1cc(CCC(=O)OCC)ccc1O. The number of unbranched alkanes of at least 4 members (excludes halogenated alkanes) is 1. The summed E-state index contributed by atoms with van der Waals surface area (Å²) in [5, 5.41) is 9.73. The van der Waals surface area contributed by atoms with Crippen molar-refractivity contribution in [1.29, 1.82) is 0 Å². The number of ether oxygens (including phenoxy) is 1. The van der Waals surface area contributed by atoms with E-state index >= 15 is 0 Å². The second-order valence-electron chi connectivity index (χ2n) is 4.37. The highest BCUT2D eigenvalue weighted by molar-refractivity contribution is 5.69. The molecule has 0 aromatic heterocycles. The summed E-state index contributed by atoms with van der Waals surface area (Å²) in [4.78, 5) is 11.3. The largest absolute Gasteiger partial charge is 0.508 e. The molecule has 0 amide bonds. The van der Waals surface area contributed by atoms with Gasteiger partial charge in [0.25, 0.3) is 0 Å². The average Bonchev–Trinajstić information content (AvgIpc) is 2.36. The maximum Gasteiger partial charge on any atom is 0.306 e. The summed E-state index contributed by atoms with van der Waals surface area (Å²) >= 11 is 0. The molecule has 0 aliphatic carbocycles. The first kappa shape index (κ1) is 14.6. The Bertz CT molecular complexity index is 385. The van der Waals surface area contributed by atoms with E-state index in [2.05, 4.69) is 6.92 Å². The number of esters is 1. The molecule has 3 heteroatoms. The fourth-order valence-corrected chi connectivity index (χ4v) is 1.84. The molecule has 18 heavy (non-hydrogen) atoms. The fourth-order valence-electron chi connectivity index (χ4n) is 1.84. The van der Waals surface area contributed by atoms with E-state index in [0.717, 1.165) is 30.4 Å². The first-order chi connectivity index (χ1) is 8.67. The van der Waals surface area contributed by atoms with E-state index in [1.165, 1.54) is 0 Å². The first-order valence-electron chi connectivity index (χ1n) is 6.63. The van der Waals surface area contributed by atoms with Crippen LogP contribution in [0.15, 0.2) is 18.2 Å². The molecule has 0 spiro atoms. The van der Waals surface area contributed by atoms with Crippen LogP contribution in [0, 0.1) is 0 Å². The number of benzene rings is 1. The smallest absolute Gasteiger partial charge is 0.306 e. The Morgan fingerprint density at radius 3 is 2.72 bits per heavy atom. The quantitative estimate of drug-likeness (QED) is 0.756. The van der Waals surface area contributed by atoms with Crippen LogP contribution in [0.25, 0.3) is 0 Å². The number of aromatic hydroxyl groups is 1. The Balaban J connectivity index is 2.58. The van der Waals surface area contributed by atoms with Crippen molar-refractivity contribution in [3.8, 4) is 5.75 Å². The second kappa shape index (κ2) is 7.75. The molecule has 1 N–H and O–H groups in total. The van der Waals surface area contributed by atoms with Crippen LogP contribution < -0.4 is 0 Å². The van der Waals surface area contributed by atoms with Crippen LogP contribution in [0.4, 0.5) is 0 Å². The van der Waals surface area contributed by atoms with Crippen molar-refractivity contribution < 1.29 is 14.6 Å². The van der Waals surface area contributed by atoms with Crippen LogP contribution in [0.5, 0.6) is 5.75 Å². The maximum atomic E-state index is 11.3. The van der Waals surface area contributed by atoms with Crippen molar-refractivity contribution in [2.24, 2.45) is 0 Å². The van der Waals surface area contributed by atoms with Gasteiger partial charge in [-0.1, -0.05) is 25.5 Å². The third kappa shape index (κ3) is 4.78. The highest BCUT2D eigenvalue weighted by Gasteiger charge is 2.06. The Morgan fingerprint density at radius 2 is 2.06 bits per heavy atom. The maximum absolute atomic E-state index is 11.3. The third-order valence-corrected chi connectivity index (χ3v) is 2.87. The minimum atomic E-state index is -0.166. The van der Waals surface area contributed by atoms with Gasteiger partial charge >= 0.3 is 5.97 Å². The van der Waals surface area contributed by atoms with E-state index in [0.29, 0.717) is 25.2 Å². The number of phenols is 1. The average molecular weight is 250 g/mol. The highest BCUT2D eigenvalue weighted by atomic mass is 16.5. The number of aryl methyl sites for hydroxylation is 2. The fraction of sp³-hybridized carbons (Fsp3) is 0.533. The number of carbonyl (C=O) groups is 1. The van der Waals surface area contributed by atoms with Gasteiger partial charge < -0.3 is 9.84 Å². The summed E-state index contributed by atoms with van der Waals surface area (Å²) in [5.74, 6) is 0.184. The lowest BCUT2D eigenvalue weighted by atomic mass is 10.0. The molecule has 3 nitrogen and oxygen atoms in total. The lowest BCUT2D eigenvalue weighted by Gasteiger charge is -2.07. The second-order valence-corrected chi connectivity index (χ2v) is 4.37. The van der Waals surface area contributed by atoms with E-state index in [1.807, 2.05) is 12.1 Å². The van der Waals surface area contributed by atoms with Gasteiger partial charge in [-0.25, -0.2) is 0 Å². The van der Waals surface area contributed by atoms with Crippen molar-refractivity contribution in [3.05, 3.63) is 29.3 Å². The van der Waals surface area contributed by atoms with Crippen molar-refractivity contribution in [1.82, 2.24) is 0 Å². The van der Waals surface area contributed by atoms with Crippen molar-refractivity contribution in [2.45, 2.75) is 46.0 Å². The molecule has 0 saturated carbocycles. The third-order valence-electron chi connectivity index (χ3n) is 2.87. The Hall–Kier alpha value is -1.51. The predicted molar refractivity (Wildman–Crippen MR) is 71.7 cm³/mol. The van der Waals surface area contributed by atoms with Crippen LogP contribution in [0.2, 0.25) is 0 Å². The van der Waals surface area contributed by atoms with Gasteiger partial charge in [0.1, 0.15) is 5.75 Å². The molecule has 1 rings (SSSR count). The molecule has 0 radical (unpaired) electrons. The lowest BCUT2D eigenvalue weighted by Crippen LogP contribution is -2.05. The lowest BCUT2D eigenvalue weighted by molar-refractivity contribution is -0.143. The van der Waals surface area contributed by atoms with Gasteiger partial charge in [0.2, 0.25) is 0 Å². The van der Waals surface area contributed by atoms with Gasteiger partial charge in [-0.05, 0) is 43.4 Å². The van der Waals surface area contributed by atoms with Crippen LogP contribution in [0.3, 0.4) is 0 Å². The molecule has 1 aromatic rings.